The Labute approximate surface area is 173 Å². The number of fused-ring (bicyclic) bond motifs is 1. The number of benzene rings is 1. The molecule has 0 bridgehead atoms. The lowest BCUT2D eigenvalue weighted by Crippen LogP contribution is -2.38. The highest BCUT2D eigenvalue weighted by Crippen LogP contribution is 2.33. The van der Waals surface area contributed by atoms with Crippen LogP contribution in [0.1, 0.15) is 52.3 Å². The number of aromatic nitrogens is 2. The lowest BCUT2D eigenvalue weighted by molar-refractivity contribution is -0.135. The van der Waals surface area contributed by atoms with Crippen molar-refractivity contribution in [1.82, 2.24) is 14.9 Å². The van der Waals surface area contributed by atoms with Crippen LogP contribution >= 0.6 is 11.8 Å². The van der Waals surface area contributed by atoms with Crippen molar-refractivity contribution in [2.45, 2.75) is 74.7 Å². The van der Waals surface area contributed by atoms with Gasteiger partial charge in [-0.15, -0.1) is 11.8 Å². The monoisotopic (exact) mass is 427 g/mol. The number of aryl methyl sites for hydroxylation is 1. The number of hydrogen-bond donors (Lipinski definition) is 1. The van der Waals surface area contributed by atoms with E-state index in [4.69, 9.17) is 4.98 Å². The van der Waals surface area contributed by atoms with Crippen molar-refractivity contribution < 1.29 is 18.0 Å². The van der Waals surface area contributed by atoms with E-state index in [1.807, 2.05) is 18.2 Å². The number of piperidine rings is 1. The van der Waals surface area contributed by atoms with Gasteiger partial charge in [0.2, 0.25) is 0 Å². The summed E-state index contributed by atoms with van der Waals surface area (Å²) in [6.07, 6.45) is -3.49. The quantitative estimate of drug-likeness (QED) is 0.653. The summed E-state index contributed by atoms with van der Waals surface area (Å²) in [7, 11) is 0. The predicted molar refractivity (Wildman–Crippen MR) is 110 cm³/mol. The number of unbranched alkanes of at least 4 members (excludes halogenated alkanes) is 1. The van der Waals surface area contributed by atoms with Crippen LogP contribution in [-0.2, 0) is 16.8 Å². The highest BCUT2D eigenvalue weighted by Gasteiger charge is 2.27. The van der Waals surface area contributed by atoms with E-state index in [9.17, 15) is 18.0 Å². The molecule has 0 aliphatic carbocycles. The summed E-state index contributed by atoms with van der Waals surface area (Å²) in [5.74, 6) is 1.09. The Bertz CT molecular complexity index is 870. The van der Waals surface area contributed by atoms with Crippen molar-refractivity contribution in [1.29, 1.82) is 0 Å². The molecule has 1 aliphatic rings. The van der Waals surface area contributed by atoms with Crippen molar-refractivity contribution in [2.24, 2.45) is 0 Å². The minimum absolute atomic E-state index is 0.0414. The van der Waals surface area contributed by atoms with Gasteiger partial charge in [0.15, 0.2) is 5.78 Å². The van der Waals surface area contributed by atoms with Crippen LogP contribution in [0.2, 0.25) is 0 Å². The van der Waals surface area contributed by atoms with Gasteiger partial charge in [-0.1, -0.05) is 20.8 Å². The van der Waals surface area contributed by atoms with Gasteiger partial charge in [-0.25, -0.2) is 4.98 Å². The van der Waals surface area contributed by atoms with E-state index < -0.39 is 12.6 Å². The molecule has 0 amide bonds. The molecule has 8 heteroatoms. The average Bonchev–Trinajstić information content (AvgIpc) is 2.98. The topological polar surface area (TPSA) is 46.9 Å². The Morgan fingerprint density at radius 1 is 1.24 bits per heavy atom. The number of ketones is 1. The first kappa shape index (κ1) is 22.2. The van der Waals surface area contributed by atoms with E-state index in [-0.39, 0.29) is 22.9 Å². The molecule has 2 heterocycles. The molecule has 1 aromatic heterocycles. The summed E-state index contributed by atoms with van der Waals surface area (Å²) < 4.78 is 39.4. The second kappa shape index (κ2) is 8.68. The molecule has 2 aromatic rings. The number of nitrogens with one attached hydrogen (secondary N) is 1. The Morgan fingerprint density at radius 3 is 2.66 bits per heavy atom. The zero-order valence-corrected chi connectivity index (χ0v) is 17.9. The molecule has 1 aliphatic heterocycles. The highest BCUT2D eigenvalue weighted by molar-refractivity contribution is 8.00. The van der Waals surface area contributed by atoms with Gasteiger partial charge in [0.1, 0.15) is 5.82 Å². The molecule has 1 aromatic carbocycles. The maximum Gasteiger partial charge on any atom is 0.389 e. The standard InChI is InChI=1S/C21H28F3N3OS/c1-20(2,3)19-26-15-12-14(29-18-8-10-25-13-17(18)28)6-7-16(15)27(19)11-5-4-9-21(22,23)24/h6-7,12,18,25H,4-5,8-11,13H2,1-3H3. The van der Waals surface area contributed by atoms with Gasteiger partial charge in [0.25, 0.3) is 0 Å². The molecule has 0 radical (unpaired) electrons. The lowest BCUT2D eigenvalue weighted by Gasteiger charge is -2.21. The minimum atomic E-state index is -4.11. The normalized spacial score (nSPS) is 18.6. The first-order valence-corrected chi connectivity index (χ1v) is 10.9. The van der Waals surface area contributed by atoms with E-state index in [2.05, 4.69) is 30.7 Å². The second-order valence-corrected chi connectivity index (χ2v) is 9.87. The van der Waals surface area contributed by atoms with Crippen LogP contribution in [0.5, 0.6) is 0 Å². The number of thioether (sulfide) groups is 1. The lowest BCUT2D eigenvalue weighted by atomic mass is 9.95. The molecule has 4 nitrogen and oxygen atoms in total. The van der Waals surface area contributed by atoms with Crippen LogP contribution < -0.4 is 5.32 Å². The van der Waals surface area contributed by atoms with E-state index in [1.165, 1.54) is 0 Å². The van der Waals surface area contributed by atoms with Gasteiger partial charge in [0, 0.05) is 23.3 Å². The Balaban J connectivity index is 1.82. The fourth-order valence-corrected chi connectivity index (χ4v) is 4.69. The van der Waals surface area contributed by atoms with E-state index in [1.54, 1.807) is 11.8 Å². The maximum atomic E-state index is 12.5. The van der Waals surface area contributed by atoms with Crippen LogP contribution in [0.25, 0.3) is 11.0 Å². The third kappa shape index (κ3) is 5.75. The third-order valence-corrected chi connectivity index (χ3v) is 6.31. The first-order chi connectivity index (χ1) is 13.5. The number of imidazole rings is 1. The van der Waals surface area contributed by atoms with Crippen LogP contribution in [0, 0.1) is 0 Å². The van der Waals surface area contributed by atoms with Gasteiger partial charge in [-0.2, -0.15) is 13.2 Å². The molecule has 0 spiro atoms. The Hall–Kier alpha value is -1.54. The number of carbonyl (C=O) groups is 1. The van der Waals surface area contributed by atoms with Crippen molar-refractivity contribution in [3.05, 3.63) is 24.0 Å². The fraction of sp³-hybridized carbons (Fsp3) is 0.619. The molecule has 1 atom stereocenters. The molecule has 1 saturated heterocycles. The molecule has 3 rings (SSSR count). The van der Waals surface area contributed by atoms with Crippen molar-refractivity contribution in [3.8, 4) is 0 Å². The number of rotatable bonds is 6. The molecule has 29 heavy (non-hydrogen) atoms. The predicted octanol–water partition coefficient (Wildman–Crippen LogP) is 5.09. The van der Waals surface area contributed by atoms with Crippen molar-refractivity contribution in [2.75, 3.05) is 13.1 Å². The SMILES string of the molecule is CC(C)(C)c1nc2cc(SC3CCNCC3=O)ccc2n1CCCCC(F)(F)F. The molecular weight excluding hydrogens is 399 g/mol. The van der Waals surface area contributed by atoms with Gasteiger partial charge in [0.05, 0.1) is 22.8 Å². The fourth-order valence-electron chi connectivity index (χ4n) is 3.59. The molecule has 1 unspecified atom stereocenters. The van der Waals surface area contributed by atoms with Crippen LogP contribution in [-0.4, -0.2) is 39.9 Å². The average molecular weight is 428 g/mol. The number of nitrogens with zero attached hydrogens (tertiary/aromatic N) is 2. The smallest absolute Gasteiger partial charge is 0.328 e. The van der Waals surface area contributed by atoms with Crippen LogP contribution in [0.4, 0.5) is 13.2 Å². The van der Waals surface area contributed by atoms with Gasteiger partial charge < -0.3 is 9.88 Å². The van der Waals surface area contributed by atoms with Gasteiger partial charge in [-0.3, -0.25) is 4.79 Å². The zero-order chi connectivity index (χ0) is 21.2. The Morgan fingerprint density at radius 2 is 2.00 bits per heavy atom. The summed E-state index contributed by atoms with van der Waals surface area (Å²) in [5.41, 5.74) is 1.54. The number of carbonyl (C=O) groups excluding carboxylic acids is 1. The molecule has 0 saturated carbocycles. The molecular formula is C21H28F3N3OS. The largest absolute Gasteiger partial charge is 0.389 e. The van der Waals surface area contributed by atoms with E-state index in [0.717, 1.165) is 34.7 Å². The summed E-state index contributed by atoms with van der Waals surface area (Å²) in [6.45, 7) is 7.95. The van der Waals surface area contributed by atoms with Gasteiger partial charge >= 0.3 is 6.18 Å². The van der Waals surface area contributed by atoms with E-state index in [0.29, 0.717) is 19.5 Å². The van der Waals surface area contributed by atoms with Crippen LogP contribution in [0.15, 0.2) is 23.1 Å². The van der Waals surface area contributed by atoms with Gasteiger partial charge in [-0.05, 0) is 44.0 Å². The molecule has 1 fully saturated rings. The second-order valence-electron chi connectivity index (χ2n) is 8.60. The summed E-state index contributed by atoms with van der Waals surface area (Å²) in [6, 6.07) is 5.97. The number of halogens is 3. The third-order valence-electron chi connectivity index (χ3n) is 5.00. The van der Waals surface area contributed by atoms with Crippen LogP contribution in [0.3, 0.4) is 0 Å². The summed E-state index contributed by atoms with van der Waals surface area (Å²) in [5, 5.41) is 3.05. The summed E-state index contributed by atoms with van der Waals surface area (Å²) in [4.78, 5) is 17.9. The minimum Gasteiger partial charge on any atom is -0.328 e. The first-order valence-electron chi connectivity index (χ1n) is 10.0. The Kier molecular flexibility index (Phi) is 6.63. The summed E-state index contributed by atoms with van der Waals surface area (Å²) >= 11 is 1.57. The number of alkyl halides is 3. The van der Waals surface area contributed by atoms with Crippen molar-refractivity contribution >= 4 is 28.6 Å². The zero-order valence-electron chi connectivity index (χ0n) is 17.1. The van der Waals surface area contributed by atoms with E-state index >= 15 is 0 Å². The maximum absolute atomic E-state index is 12.5. The number of Topliss-reactive ketones (excluding diaryl/α,β-unsaturated/α-hetero) is 1. The number of hydrogen-bond acceptors (Lipinski definition) is 4. The molecule has 160 valence electrons. The molecule has 1 N–H and O–H groups in total. The highest BCUT2D eigenvalue weighted by atomic mass is 32.2. The van der Waals surface area contributed by atoms with Crippen molar-refractivity contribution in [3.63, 3.8) is 0 Å².